The minimum absolute atomic E-state index is 0.0722. The van der Waals surface area contributed by atoms with Crippen LogP contribution < -0.4 is 15.8 Å². The number of rotatable bonds is 5. The molecule has 0 atom stereocenters. The lowest BCUT2D eigenvalue weighted by Crippen LogP contribution is -2.39. The van der Waals surface area contributed by atoms with E-state index in [0.29, 0.717) is 16.4 Å². The predicted octanol–water partition coefficient (Wildman–Crippen LogP) is 0.195. The smallest absolute Gasteiger partial charge is 0.338 e. The van der Waals surface area contributed by atoms with Crippen LogP contribution in [0.1, 0.15) is 10.4 Å². The van der Waals surface area contributed by atoms with Gasteiger partial charge in [0, 0.05) is 12.1 Å². The number of hydrogen-bond acceptors (Lipinski definition) is 4. The molecule has 1 aromatic carbocycles. The van der Waals surface area contributed by atoms with Gasteiger partial charge >= 0.3 is 6.03 Å². The molecule has 0 fully saturated rings. The summed E-state index contributed by atoms with van der Waals surface area (Å²) in [7, 11) is 1.54. The molecule has 0 saturated carbocycles. The zero-order chi connectivity index (χ0) is 13.5. The zero-order valence-electron chi connectivity index (χ0n) is 9.92. The van der Waals surface area contributed by atoms with Gasteiger partial charge in [-0.05, 0) is 24.3 Å². The summed E-state index contributed by atoms with van der Waals surface area (Å²) in [6.07, 6.45) is 0. The third-order valence-electron chi connectivity index (χ3n) is 2.22. The molecule has 18 heavy (non-hydrogen) atoms. The highest BCUT2D eigenvalue weighted by atomic mass is 16.5. The molecule has 98 valence electrons. The summed E-state index contributed by atoms with van der Waals surface area (Å²) >= 11 is 0. The van der Waals surface area contributed by atoms with Gasteiger partial charge in [0.25, 0.3) is 5.91 Å². The Kier molecular flexibility index (Phi) is 4.94. The number of amides is 3. The van der Waals surface area contributed by atoms with Gasteiger partial charge in [-0.3, -0.25) is 10.0 Å². The molecule has 1 rings (SSSR count). The summed E-state index contributed by atoms with van der Waals surface area (Å²) in [5, 5.41) is 11.8. The summed E-state index contributed by atoms with van der Waals surface area (Å²) in [5.74, 6) is 0.345. The predicted molar refractivity (Wildman–Crippen MR) is 63.4 cm³/mol. The van der Waals surface area contributed by atoms with Crippen LogP contribution in [-0.2, 0) is 0 Å². The Morgan fingerprint density at radius 2 is 2.00 bits per heavy atom. The van der Waals surface area contributed by atoms with Crippen LogP contribution in [0, 0.1) is 0 Å². The fraction of sp³-hybridized carbons (Fsp3) is 0.273. The van der Waals surface area contributed by atoms with E-state index in [-0.39, 0.29) is 19.0 Å². The number of methoxy groups -OCH3 is 1. The van der Waals surface area contributed by atoms with Gasteiger partial charge in [-0.15, -0.1) is 0 Å². The van der Waals surface area contributed by atoms with Gasteiger partial charge < -0.3 is 15.8 Å². The first kappa shape index (κ1) is 13.8. The maximum absolute atomic E-state index is 11.6. The van der Waals surface area contributed by atoms with E-state index < -0.39 is 6.03 Å². The van der Waals surface area contributed by atoms with Gasteiger partial charge in [0.15, 0.2) is 0 Å². The summed E-state index contributed by atoms with van der Waals surface area (Å²) < 4.78 is 4.97. The van der Waals surface area contributed by atoms with Crippen LogP contribution >= 0.6 is 0 Å². The van der Waals surface area contributed by atoms with Crippen LogP contribution in [0.25, 0.3) is 0 Å². The number of nitrogens with zero attached hydrogens (tertiary/aromatic N) is 1. The third kappa shape index (κ3) is 3.95. The second-order valence-electron chi connectivity index (χ2n) is 3.45. The number of ether oxygens (including phenoxy) is 1. The second-order valence-corrected chi connectivity index (χ2v) is 3.45. The topological polar surface area (TPSA) is 105 Å². The number of carbonyl (C=O) groups excluding carboxylic acids is 2. The molecule has 1 aromatic rings. The molecule has 7 nitrogen and oxygen atoms in total. The molecular formula is C11H15N3O4. The van der Waals surface area contributed by atoms with E-state index in [2.05, 4.69) is 5.32 Å². The monoisotopic (exact) mass is 253 g/mol. The number of hydroxylamine groups is 2. The summed E-state index contributed by atoms with van der Waals surface area (Å²) in [5.41, 5.74) is 5.26. The van der Waals surface area contributed by atoms with E-state index in [1.165, 1.54) is 7.11 Å². The van der Waals surface area contributed by atoms with E-state index in [1.54, 1.807) is 24.3 Å². The zero-order valence-corrected chi connectivity index (χ0v) is 9.92. The quantitative estimate of drug-likeness (QED) is 0.514. The molecule has 3 amide bonds. The van der Waals surface area contributed by atoms with Crippen LogP contribution in [0.2, 0.25) is 0 Å². The molecule has 0 aromatic heterocycles. The lowest BCUT2D eigenvalue weighted by Gasteiger charge is -2.12. The molecule has 0 aliphatic rings. The maximum Gasteiger partial charge on any atom is 0.338 e. The van der Waals surface area contributed by atoms with Crippen molar-refractivity contribution in [3.8, 4) is 5.75 Å². The number of nitrogens with one attached hydrogen (secondary N) is 1. The molecular weight excluding hydrogens is 238 g/mol. The summed E-state index contributed by atoms with van der Waals surface area (Å²) in [6.45, 7) is 0.0293. The first-order chi connectivity index (χ1) is 8.54. The minimum Gasteiger partial charge on any atom is -0.497 e. The van der Waals surface area contributed by atoms with Gasteiger partial charge in [0.1, 0.15) is 5.75 Å². The molecule has 0 saturated heterocycles. The van der Waals surface area contributed by atoms with Gasteiger partial charge in [-0.2, -0.15) is 0 Å². The third-order valence-corrected chi connectivity index (χ3v) is 2.22. The molecule has 0 aliphatic heterocycles. The second kappa shape index (κ2) is 6.45. The van der Waals surface area contributed by atoms with Gasteiger partial charge in [-0.1, -0.05) is 0 Å². The number of urea groups is 1. The van der Waals surface area contributed by atoms with E-state index in [0.717, 1.165) is 0 Å². The largest absolute Gasteiger partial charge is 0.497 e. The van der Waals surface area contributed by atoms with Crippen molar-refractivity contribution in [1.29, 1.82) is 0 Å². The van der Waals surface area contributed by atoms with Crippen molar-refractivity contribution in [1.82, 2.24) is 10.4 Å². The van der Waals surface area contributed by atoms with Crippen LogP contribution in [-0.4, -0.2) is 42.4 Å². The van der Waals surface area contributed by atoms with Crippen molar-refractivity contribution in [3.63, 3.8) is 0 Å². The fourth-order valence-corrected chi connectivity index (χ4v) is 1.23. The fourth-order valence-electron chi connectivity index (χ4n) is 1.23. The van der Waals surface area contributed by atoms with Crippen molar-refractivity contribution < 1.29 is 19.5 Å². The number of carbonyl (C=O) groups is 2. The number of primary amides is 1. The molecule has 7 heteroatoms. The SMILES string of the molecule is COc1ccc(C(=O)NCCN(O)C(N)=O)cc1. The molecule has 0 unspecified atom stereocenters. The maximum atomic E-state index is 11.6. The van der Waals surface area contributed by atoms with Crippen molar-refractivity contribution in [2.45, 2.75) is 0 Å². The highest BCUT2D eigenvalue weighted by Crippen LogP contribution is 2.10. The first-order valence-electron chi connectivity index (χ1n) is 5.22. The van der Waals surface area contributed by atoms with Gasteiger partial charge in [0.05, 0.1) is 13.7 Å². The van der Waals surface area contributed by atoms with Gasteiger partial charge in [-0.25, -0.2) is 9.86 Å². The number of hydrogen-bond donors (Lipinski definition) is 3. The average molecular weight is 253 g/mol. The highest BCUT2D eigenvalue weighted by molar-refractivity contribution is 5.94. The van der Waals surface area contributed by atoms with E-state index in [1.807, 2.05) is 0 Å². The molecule has 0 aliphatic carbocycles. The number of nitrogens with two attached hydrogens (primary N) is 1. The Bertz CT molecular complexity index is 419. The Morgan fingerprint density at radius 3 is 2.50 bits per heavy atom. The van der Waals surface area contributed by atoms with Gasteiger partial charge in [0.2, 0.25) is 0 Å². The highest BCUT2D eigenvalue weighted by Gasteiger charge is 2.08. The number of benzene rings is 1. The van der Waals surface area contributed by atoms with E-state index in [4.69, 9.17) is 15.7 Å². The van der Waals surface area contributed by atoms with Crippen LogP contribution in [0.4, 0.5) is 4.79 Å². The normalized spacial score (nSPS) is 9.67. The molecule has 0 radical (unpaired) electrons. The average Bonchev–Trinajstić information content (AvgIpc) is 2.38. The molecule has 0 heterocycles. The van der Waals surface area contributed by atoms with E-state index >= 15 is 0 Å². The minimum atomic E-state index is -0.964. The van der Waals surface area contributed by atoms with Crippen molar-refractivity contribution in [3.05, 3.63) is 29.8 Å². The standard InChI is InChI=1S/C11H15N3O4/c1-18-9-4-2-8(3-5-9)10(15)13-6-7-14(17)11(12)16/h2-5,17H,6-7H2,1H3,(H2,12,16)(H,13,15). The first-order valence-corrected chi connectivity index (χ1v) is 5.22. The van der Waals surface area contributed by atoms with Crippen molar-refractivity contribution in [2.24, 2.45) is 5.73 Å². The van der Waals surface area contributed by atoms with Crippen LogP contribution in [0.5, 0.6) is 5.75 Å². The van der Waals surface area contributed by atoms with Crippen molar-refractivity contribution >= 4 is 11.9 Å². The van der Waals surface area contributed by atoms with Crippen LogP contribution in [0.15, 0.2) is 24.3 Å². The summed E-state index contributed by atoms with van der Waals surface area (Å²) in [6, 6.07) is 5.58. The van der Waals surface area contributed by atoms with Crippen molar-refractivity contribution in [2.75, 3.05) is 20.2 Å². The lowest BCUT2D eigenvalue weighted by molar-refractivity contribution is -0.0376. The Hall–Kier alpha value is -2.28. The molecule has 4 N–H and O–H groups in total. The lowest BCUT2D eigenvalue weighted by atomic mass is 10.2. The Balaban J connectivity index is 2.42. The molecule has 0 bridgehead atoms. The van der Waals surface area contributed by atoms with E-state index in [9.17, 15) is 9.59 Å². The Labute approximate surface area is 104 Å². The molecule has 0 spiro atoms. The van der Waals surface area contributed by atoms with Crippen LogP contribution in [0.3, 0.4) is 0 Å². The summed E-state index contributed by atoms with van der Waals surface area (Å²) in [4.78, 5) is 22.1. The Morgan fingerprint density at radius 1 is 1.39 bits per heavy atom.